The molecule has 3 rings (SSSR count). The van der Waals surface area contributed by atoms with Crippen molar-refractivity contribution in [2.24, 2.45) is 7.05 Å². The van der Waals surface area contributed by atoms with Crippen LogP contribution in [0.25, 0.3) is 0 Å². The number of aromatic nitrogens is 2. The number of aliphatic hydroxyl groups excluding tert-OH is 1. The van der Waals surface area contributed by atoms with Crippen LogP contribution in [0.1, 0.15) is 29.8 Å². The summed E-state index contributed by atoms with van der Waals surface area (Å²) in [6.45, 7) is 0. The van der Waals surface area contributed by atoms with E-state index in [1.807, 2.05) is 13.2 Å². The van der Waals surface area contributed by atoms with Gasteiger partial charge in [0, 0.05) is 36.9 Å². The lowest BCUT2D eigenvalue weighted by Crippen LogP contribution is -2.18. The van der Waals surface area contributed by atoms with E-state index >= 15 is 0 Å². The number of halogens is 1. The number of benzene rings is 1. The number of hydrogen-bond acceptors (Lipinski definition) is 3. The second-order valence-electron chi connectivity index (χ2n) is 4.49. The fourth-order valence-electron chi connectivity index (χ4n) is 2.23. The highest BCUT2D eigenvalue weighted by Gasteiger charge is 2.28. The Balaban J connectivity index is 1.95. The van der Waals surface area contributed by atoms with E-state index in [1.54, 1.807) is 16.9 Å². The van der Waals surface area contributed by atoms with Crippen LogP contribution in [0.4, 0.5) is 4.39 Å². The maximum Gasteiger partial charge on any atom is 0.130 e. The molecule has 0 saturated heterocycles. The van der Waals surface area contributed by atoms with Gasteiger partial charge in [0.15, 0.2) is 0 Å². The van der Waals surface area contributed by atoms with Crippen LogP contribution >= 0.6 is 0 Å². The molecule has 1 aliphatic rings. The zero-order valence-electron chi connectivity index (χ0n) is 9.88. The maximum absolute atomic E-state index is 13.2. The fraction of sp³-hybridized carbons (Fsp3) is 0.308. The molecule has 18 heavy (non-hydrogen) atoms. The number of fused-ring (bicyclic) bond motifs is 1. The van der Waals surface area contributed by atoms with Crippen LogP contribution < -0.4 is 4.74 Å². The van der Waals surface area contributed by atoms with Gasteiger partial charge < -0.3 is 9.84 Å². The highest BCUT2D eigenvalue weighted by atomic mass is 19.1. The SMILES string of the molecule is Cn1cc(C2C[C@H](O)c3ccc(F)cc3O2)cn1. The number of aliphatic hydroxyl groups is 1. The summed E-state index contributed by atoms with van der Waals surface area (Å²) in [4.78, 5) is 0. The molecule has 0 fully saturated rings. The third-order valence-electron chi connectivity index (χ3n) is 3.14. The summed E-state index contributed by atoms with van der Waals surface area (Å²) in [5, 5.41) is 14.1. The molecule has 0 aliphatic carbocycles. The Kier molecular flexibility index (Phi) is 2.56. The normalized spacial score (nSPS) is 22.4. The second kappa shape index (κ2) is 4.10. The number of aryl methyl sites for hydroxylation is 1. The Hall–Kier alpha value is -1.88. The van der Waals surface area contributed by atoms with E-state index < -0.39 is 6.10 Å². The lowest BCUT2D eigenvalue weighted by atomic mass is 9.96. The molecular formula is C13H13FN2O2. The quantitative estimate of drug-likeness (QED) is 0.840. The summed E-state index contributed by atoms with van der Waals surface area (Å²) in [5.74, 6) is 0.0374. The van der Waals surface area contributed by atoms with Gasteiger partial charge in [0.2, 0.25) is 0 Å². The van der Waals surface area contributed by atoms with Gasteiger partial charge in [-0.2, -0.15) is 5.10 Å². The predicted octanol–water partition coefficient (Wildman–Crippen LogP) is 2.12. The Morgan fingerprint density at radius 2 is 2.33 bits per heavy atom. The fourth-order valence-corrected chi connectivity index (χ4v) is 2.23. The van der Waals surface area contributed by atoms with Crippen LogP contribution in [0.5, 0.6) is 5.75 Å². The van der Waals surface area contributed by atoms with E-state index in [2.05, 4.69) is 5.10 Å². The molecule has 0 radical (unpaired) electrons. The van der Waals surface area contributed by atoms with Crippen molar-refractivity contribution in [1.82, 2.24) is 9.78 Å². The number of hydrogen-bond donors (Lipinski definition) is 1. The minimum Gasteiger partial charge on any atom is -0.485 e. The highest BCUT2D eigenvalue weighted by Crippen LogP contribution is 2.40. The summed E-state index contributed by atoms with van der Waals surface area (Å²) >= 11 is 0. The molecule has 0 amide bonds. The van der Waals surface area contributed by atoms with Crippen molar-refractivity contribution in [2.75, 3.05) is 0 Å². The molecule has 94 valence electrons. The van der Waals surface area contributed by atoms with E-state index in [9.17, 15) is 9.50 Å². The van der Waals surface area contributed by atoms with Gasteiger partial charge >= 0.3 is 0 Å². The summed E-state index contributed by atoms with van der Waals surface area (Å²) in [6, 6.07) is 4.20. The summed E-state index contributed by atoms with van der Waals surface area (Å²) in [5.41, 5.74) is 1.52. The van der Waals surface area contributed by atoms with Gasteiger partial charge in [-0.25, -0.2) is 4.39 Å². The summed E-state index contributed by atoms with van der Waals surface area (Å²) in [6.07, 6.45) is 3.05. The van der Waals surface area contributed by atoms with Gasteiger partial charge in [0.05, 0.1) is 12.3 Å². The Morgan fingerprint density at radius 1 is 1.50 bits per heavy atom. The molecular weight excluding hydrogens is 235 g/mol. The van der Waals surface area contributed by atoms with Crippen molar-refractivity contribution in [1.29, 1.82) is 0 Å². The minimum absolute atomic E-state index is 0.289. The molecule has 1 aromatic heterocycles. The lowest BCUT2D eigenvalue weighted by molar-refractivity contribution is 0.0653. The number of nitrogens with zero attached hydrogens (tertiary/aromatic N) is 2. The Morgan fingerprint density at radius 3 is 3.06 bits per heavy atom. The topological polar surface area (TPSA) is 47.3 Å². The predicted molar refractivity (Wildman–Crippen MR) is 62.6 cm³/mol. The van der Waals surface area contributed by atoms with E-state index in [1.165, 1.54) is 12.1 Å². The highest BCUT2D eigenvalue weighted by molar-refractivity contribution is 5.38. The average Bonchev–Trinajstić information content (AvgIpc) is 2.75. The molecule has 1 aromatic carbocycles. The van der Waals surface area contributed by atoms with Gasteiger partial charge in [0.25, 0.3) is 0 Å². The smallest absolute Gasteiger partial charge is 0.130 e. The molecule has 1 unspecified atom stereocenters. The Labute approximate surface area is 104 Å². The van der Waals surface area contributed by atoms with Crippen molar-refractivity contribution < 1.29 is 14.2 Å². The third kappa shape index (κ3) is 1.86. The zero-order chi connectivity index (χ0) is 12.7. The molecule has 2 atom stereocenters. The molecule has 4 nitrogen and oxygen atoms in total. The van der Waals surface area contributed by atoms with Gasteiger partial charge in [-0.05, 0) is 12.1 Å². The first-order valence-corrected chi connectivity index (χ1v) is 5.76. The van der Waals surface area contributed by atoms with Crippen molar-refractivity contribution in [3.05, 3.63) is 47.5 Å². The number of ether oxygens (including phenoxy) is 1. The molecule has 2 heterocycles. The van der Waals surface area contributed by atoms with Crippen molar-refractivity contribution in [2.45, 2.75) is 18.6 Å². The first-order valence-electron chi connectivity index (χ1n) is 5.76. The first kappa shape index (κ1) is 11.2. The summed E-state index contributed by atoms with van der Waals surface area (Å²) in [7, 11) is 1.82. The van der Waals surface area contributed by atoms with Crippen LogP contribution in [0, 0.1) is 5.82 Å². The largest absolute Gasteiger partial charge is 0.485 e. The molecule has 5 heteroatoms. The monoisotopic (exact) mass is 248 g/mol. The van der Waals surface area contributed by atoms with Crippen LogP contribution in [-0.4, -0.2) is 14.9 Å². The molecule has 0 spiro atoms. The third-order valence-corrected chi connectivity index (χ3v) is 3.14. The first-order chi connectivity index (χ1) is 8.63. The van der Waals surface area contributed by atoms with Crippen LogP contribution in [0.2, 0.25) is 0 Å². The van der Waals surface area contributed by atoms with Crippen LogP contribution in [-0.2, 0) is 7.05 Å². The number of rotatable bonds is 1. The zero-order valence-corrected chi connectivity index (χ0v) is 9.88. The second-order valence-corrected chi connectivity index (χ2v) is 4.49. The van der Waals surface area contributed by atoms with Crippen LogP contribution in [0.3, 0.4) is 0 Å². The van der Waals surface area contributed by atoms with Crippen molar-refractivity contribution in [3.8, 4) is 5.75 Å². The van der Waals surface area contributed by atoms with Crippen molar-refractivity contribution in [3.63, 3.8) is 0 Å². The maximum atomic E-state index is 13.2. The van der Waals surface area contributed by atoms with Gasteiger partial charge in [-0.1, -0.05) is 0 Å². The minimum atomic E-state index is -0.639. The van der Waals surface area contributed by atoms with Gasteiger partial charge in [-0.3, -0.25) is 4.68 Å². The lowest BCUT2D eigenvalue weighted by Gasteiger charge is -2.29. The van der Waals surface area contributed by atoms with E-state index in [4.69, 9.17) is 4.74 Å². The summed E-state index contributed by atoms with van der Waals surface area (Å²) < 4.78 is 20.6. The van der Waals surface area contributed by atoms with E-state index in [0.29, 0.717) is 17.7 Å². The van der Waals surface area contributed by atoms with Crippen molar-refractivity contribution >= 4 is 0 Å². The molecule has 1 N–H and O–H groups in total. The van der Waals surface area contributed by atoms with E-state index in [-0.39, 0.29) is 11.9 Å². The van der Waals surface area contributed by atoms with Gasteiger partial charge in [-0.15, -0.1) is 0 Å². The van der Waals surface area contributed by atoms with Crippen LogP contribution in [0.15, 0.2) is 30.6 Å². The molecule has 2 aromatic rings. The molecule has 1 aliphatic heterocycles. The molecule has 0 saturated carbocycles. The Bertz CT molecular complexity index is 582. The average molecular weight is 248 g/mol. The van der Waals surface area contributed by atoms with Gasteiger partial charge in [0.1, 0.15) is 17.7 Å². The molecule has 0 bridgehead atoms. The van der Waals surface area contributed by atoms with E-state index in [0.717, 1.165) is 5.56 Å². The standard InChI is InChI=1S/C13H13FN2O2/c1-16-7-8(6-15-16)12-5-11(17)10-3-2-9(14)4-13(10)18-12/h2-4,6-7,11-12,17H,5H2,1H3/t11-,12?/m0/s1.